The molecule has 0 aromatic carbocycles. The second-order valence-electron chi connectivity index (χ2n) is 0. The molecule has 90 heavy (non-hydrogen) atoms. The molecule has 0 aromatic rings. The Bertz CT molecular complexity index is 35.5. The van der Waals surface area contributed by atoms with Crippen LogP contribution < -0.4 is 2450 Å². The van der Waals surface area contributed by atoms with Gasteiger partial charge < -0.3 is 38.3 Å². The number of rotatable bonds is 0. The Morgan fingerprint density at radius 1 is 0.0222 bits per heavy atom. The first-order chi connectivity index (χ1) is 0. The monoisotopic (exact) mass is 2030 g/mol. The third-order valence-corrected chi connectivity index (χ3v) is 0. The van der Waals surface area contributed by atoms with Crippen molar-refractivity contribution in [3.05, 3.63) is 0 Å². The zero-order chi connectivity index (χ0) is 0. The molecule has 0 saturated heterocycles. The predicted octanol–water partition coefficient (Wildman–Crippen LogP) is -254. The molecule has 0 bridgehead atoms. The van der Waals surface area contributed by atoms with Crippen molar-refractivity contribution in [3.8, 4) is 0 Å². The summed E-state index contributed by atoms with van der Waals surface area (Å²) in [4.78, 5) is 0. The summed E-state index contributed by atoms with van der Waals surface area (Å²) >= 11 is 0. The minimum atomic E-state index is 0. The molecule has 0 aliphatic rings. The summed E-state index contributed by atoms with van der Waals surface area (Å²) < 4.78 is 0. The standard InChI is InChI=1S/83Na.7H2O/h;;;;;;;;;;;;;;;;;;;;;;;;;;;;;;;;;;;;;;;;;;;;;;;;;;;;;;;;;;;;;;;;;;;;;;;;;;;;;;;;;;;7*1H2/q83*+1;;;;;;;. The first-order valence-corrected chi connectivity index (χ1v) is 0. The Morgan fingerprint density at radius 3 is 0.0222 bits per heavy atom. The fourth-order valence-electron chi connectivity index (χ4n) is 0. The van der Waals surface area contributed by atoms with Crippen LogP contribution >= 0.6 is 0 Å². The smallest absolute Gasteiger partial charge is 0.412 e. The molecular weight excluding hydrogens is 2020 g/mol. The zero-order valence-electron chi connectivity index (χ0n) is 86.5. The van der Waals surface area contributed by atoms with Crippen molar-refractivity contribution in [2.75, 3.05) is 0 Å². The molecule has 0 amide bonds. The Labute approximate surface area is 2400 Å². The first kappa shape index (κ1) is 744. The van der Waals surface area contributed by atoms with E-state index in [-0.39, 0.29) is 2490 Å². The molecule has 14 N–H and O–H groups in total. The van der Waals surface area contributed by atoms with Crippen LogP contribution in [0.2, 0.25) is 0 Å². The summed E-state index contributed by atoms with van der Waals surface area (Å²) in [5.41, 5.74) is 0. The molecule has 7 nitrogen and oxygen atoms in total. The summed E-state index contributed by atoms with van der Waals surface area (Å²) in [7, 11) is 0. The summed E-state index contributed by atoms with van der Waals surface area (Å²) in [6.45, 7) is 0. The molecule has 0 aliphatic heterocycles. The average molecular weight is 2030 g/mol. The minimum absolute atomic E-state index is 0. The largest absolute Gasteiger partial charge is 1.00 e. The molecule has 56 valence electrons. The number of hydrogen-bond donors (Lipinski definition) is 0. The Balaban J connectivity index is 0. The van der Waals surface area contributed by atoms with Gasteiger partial charge in [-0.1, -0.05) is 0 Å². The van der Waals surface area contributed by atoms with Gasteiger partial charge in [0.2, 0.25) is 0 Å². The van der Waals surface area contributed by atoms with Crippen LogP contribution in [0.25, 0.3) is 0 Å². The van der Waals surface area contributed by atoms with Crippen molar-refractivity contribution in [1.29, 1.82) is 0 Å². The van der Waals surface area contributed by atoms with Crippen LogP contribution in [0.5, 0.6) is 0 Å². The van der Waals surface area contributed by atoms with Gasteiger partial charge in [0.25, 0.3) is 0 Å². The zero-order valence-corrected chi connectivity index (χ0v) is 252. The molecule has 0 rings (SSSR count). The Kier molecular flexibility index (Phi) is 6050. The maximum absolute atomic E-state index is 0. The molecule has 0 radical (unpaired) electrons. The van der Waals surface area contributed by atoms with E-state index in [1.807, 2.05) is 0 Å². The Hall–Kier alpha value is 82.7. The van der Waals surface area contributed by atoms with Gasteiger partial charge in [-0.05, 0) is 0 Å². The fourth-order valence-corrected chi connectivity index (χ4v) is 0. The molecule has 0 spiro atoms. The van der Waals surface area contributed by atoms with Crippen LogP contribution in [-0.2, 0) is 0 Å². The second-order valence-corrected chi connectivity index (χ2v) is 0. The van der Waals surface area contributed by atoms with Gasteiger partial charge in [0.05, 0.1) is 0 Å². The van der Waals surface area contributed by atoms with Crippen LogP contribution in [0.4, 0.5) is 0 Å². The normalized spacial score (nSPS) is 0. The molecule has 0 atom stereocenters. The van der Waals surface area contributed by atoms with Gasteiger partial charge in [0.1, 0.15) is 0 Å². The van der Waals surface area contributed by atoms with E-state index in [0.717, 1.165) is 0 Å². The van der Waals surface area contributed by atoms with Crippen molar-refractivity contribution in [2.45, 2.75) is 0 Å². The van der Waals surface area contributed by atoms with Gasteiger partial charge in [-0.3, -0.25) is 0 Å². The molecule has 0 fully saturated rings. The van der Waals surface area contributed by atoms with E-state index in [1.165, 1.54) is 0 Å². The van der Waals surface area contributed by atoms with Gasteiger partial charge in [0.15, 0.2) is 0 Å². The van der Waals surface area contributed by atoms with Gasteiger partial charge in [-0.2, -0.15) is 0 Å². The molecule has 0 aliphatic carbocycles. The second kappa shape index (κ2) is 731. The van der Waals surface area contributed by atoms with E-state index in [2.05, 4.69) is 0 Å². The summed E-state index contributed by atoms with van der Waals surface area (Å²) in [6.07, 6.45) is 0. The molecule has 90 heteroatoms. The SMILES string of the molecule is O.O.O.O.O.O.O.[Na+].[Na+].[Na+].[Na+].[Na+].[Na+].[Na+].[Na+].[Na+].[Na+].[Na+].[Na+].[Na+].[Na+].[Na+].[Na+].[Na+].[Na+].[Na+].[Na+].[Na+].[Na+].[Na+].[Na+].[Na+].[Na+].[Na+].[Na+].[Na+].[Na+].[Na+].[Na+].[Na+].[Na+].[Na+].[Na+].[Na+].[Na+].[Na+].[Na+].[Na+].[Na+].[Na+].[Na+].[Na+].[Na+].[Na+].[Na+].[Na+].[Na+].[Na+].[Na+].[Na+].[Na+].[Na+].[Na+].[Na+].[Na+].[Na+].[Na+].[Na+].[Na+].[Na+].[Na+].[Na+].[Na+].[Na+].[Na+].[Na+].[Na+].[Na+].[Na+].[Na+].[Na+].[Na+].[Na+].[Na+].[Na+].[Na+].[Na+].[Na+].[Na+].[Na+]. The van der Waals surface area contributed by atoms with Gasteiger partial charge >= 0.3 is 2450 Å². The molecule has 0 heterocycles. The van der Waals surface area contributed by atoms with Crippen molar-refractivity contribution in [3.63, 3.8) is 0 Å². The molecule has 0 saturated carbocycles. The van der Waals surface area contributed by atoms with E-state index in [4.69, 9.17) is 0 Å². The van der Waals surface area contributed by atoms with Crippen LogP contribution in [-0.4, -0.2) is 38.3 Å². The van der Waals surface area contributed by atoms with E-state index >= 15 is 0 Å². The molecule has 0 unspecified atom stereocenters. The average Bonchev–Trinajstić information content (AvgIpc) is 0. The predicted molar refractivity (Wildman–Crippen MR) is 25.3 cm³/mol. The summed E-state index contributed by atoms with van der Waals surface area (Å²) in [6, 6.07) is 0. The van der Waals surface area contributed by atoms with Crippen LogP contribution in [0, 0.1) is 0 Å². The van der Waals surface area contributed by atoms with Crippen molar-refractivity contribution in [1.82, 2.24) is 0 Å². The first-order valence-electron chi connectivity index (χ1n) is 0. The summed E-state index contributed by atoms with van der Waals surface area (Å²) in [5.74, 6) is 0. The molecular formula is H14Na83O7+83. The maximum Gasteiger partial charge on any atom is 1.00 e. The van der Waals surface area contributed by atoms with E-state index in [0.29, 0.717) is 0 Å². The third-order valence-electron chi connectivity index (χ3n) is 0. The maximum atomic E-state index is 0. The van der Waals surface area contributed by atoms with Gasteiger partial charge in [0, 0.05) is 0 Å². The van der Waals surface area contributed by atoms with E-state index in [9.17, 15) is 0 Å². The van der Waals surface area contributed by atoms with Crippen LogP contribution in [0.3, 0.4) is 0 Å². The number of hydrogen-bond acceptors (Lipinski definition) is 0. The van der Waals surface area contributed by atoms with Gasteiger partial charge in [-0.25, -0.2) is 0 Å². The van der Waals surface area contributed by atoms with Crippen molar-refractivity contribution < 1.29 is 2490 Å². The summed E-state index contributed by atoms with van der Waals surface area (Å²) in [5, 5.41) is 0. The van der Waals surface area contributed by atoms with Crippen molar-refractivity contribution in [2.24, 2.45) is 0 Å². The minimum Gasteiger partial charge on any atom is -0.412 e. The van der Waals surface area contributed by atoms with Crippen molar-refractivity contribution >= 4 is 0 Å². The van der Waals surface area contributed by atoms with Crippen LogP contribution in [0.1, 0.15) is 0 Å². The quantitative estimate of drug-likeness (QED) is 0.207. The van der Waals surface area contributed by atoms with Crippen LogP contribution in [0.15, 0.2) is 0 Å². The van der Waals surface area contributed by atoms with E-state index < -0.39 is 0 Å². The van der Waals surface area contributed by atoms with E-state index in [1.54, 1.807) is 0 Å². The molecule has 0 aromatic heterocycles. The fraction of sp³-hybridized carbons (Fsp3) is 0. The Morgan fingerprint density at radius 2 is 0.0222 bits per heavy atom. The third kappa shape index (κ3) is 719. The topological polar surface area (TPSA) is 220 Å². The van der Waals surface area contributed by atoms with Gasteiger partial charge in [-0.15, -0.1) is 0 Å².